The average molecular weight is 469 g/mol. The molecule has 3 aromatic rings. The first-order valence-electron chi connectivity index (χ1n) is 8.43. The van der Waals surface area contributed by atoms with Crippen LogP contribution in [0.1, 0.15) is 15.9 Å². The van der Waals surface area contributed by atoms with Gasteiger partial charge in [0.1, 0.15) is 0 Å². The molecule has 0 fully saturated rings. The molecule has 2 N–H and O–H groups in total. The van der Waals surface area contributed by atoms with Gasteiger partial charge in [-0.05, 0) is 43.3 Å². The Kier molecular flexibility index (Phi) is 7.25. The normalized spacial score (nSPS) is 11.4. The van der Waals surface area contributed by atoms with Crippen LogP contribution in [0.2, 0.25) is 5.02 Å². The molecule has 0 bridgehead atoms. The zero-order valence-electron chi connectivity index (χ0n) is 15.3. The summed E-state index contributed by atoms with van der Waals surface area (Å²) in [5.41, 5.74) is 1.55. The topological polar surface area (TPSA) is 101 Å². The summed E-state index contributed by atoms with van der Waals surface area (Å²) in [5.74, 6) is 0.144. The van der Waals surface area contributed by atoms with Gasteiger partial charge in [-0.3, -0.25) is 10.1 Å². The predicted octanol–water partition coefficient (Wildman–Crippen LogP) is 3.82. The minimum atomic E-state index is -3.79. The van der Waals surface area contributed by atoms with Crippen molar-refractivity contribution in [2.45, 2.75) is 16.2 Å². The maximum Gasteiger partial charge on any atom is 0.269 e. The number of thioether (sulfide) groups is 1. The van der Waals surface area contributed by atoms with Gasteiger partial charge in [-0.1, -0.05) is 40.6 Å². The largest absolute Gasteiger partial charge is 0.296 e. The number of carbonyl (C=O) groups is 1. The Balaban J connectivity index is 1.53. The monoisotopic (exact) mass is 468 g/mol. The molecular formula is C18H17ClN4O3S3. The third kappa shape index (κ3) is 6.25. The fourth-order valence-corrected chi connectivity index (χ4v) is 5.17. The summed E-state index contributed by atoms with van der Waals surface area (Å²) in [4.78, 5) is 13.2. The van der Waals surface area contributed by atoms with E-state index in [-0.39, 0.29) is 16.0 Å². The van der Waals surface area contributed by atoms with E-state index in [4.69, 9.17) is 11.6 Å². The highest BCUT2D eigenvalue weighted by atomic mass is 35.5. The number of aromatic nitrogens is 2. The molecule has 0 unspecified atom stereocenters. The van der Waals surface area contributed by atoms with Gasteiger partial charge in [0.15, 0.2) is 0 Å². The Labute approximate surface area is 182 Å². The molecule has 152 valence electrons. The maximum atomic E-state index is 12.4. The summed E-state index contributed by atoms with van der Waals surface area (Å²) in [6.07, 6.45) is 0. The number of sulfonamides is 1. The van der Waals surface area contributed by atoms with Gasteiger partial charge in [-0.25, -0.2) is 13.1 Å². The average Bonchev–Trinajstić information content (AvgIpc) is 3.16. The third-order valence-electron chi connectivity index (χ3n) is 3.65. The van der Waals surface area contributed by atoms with E-state index in [1.807, 2.05) is 31.2 Å². The van der Waals surface area contributed by atoms with E-state index in [1.165, 1.54) is 5.56 Å². The molecule has 0 aliphatic carbocycles. The van der Waals surface area contributed by atoms with Crippen LogP contribution < -0.4 is 10.0 Å². The molecule has 29 heavy (non-hydrogen) atoms. The summed E-state index contributed by atoms with van der Waals surface area (Å²) in [5, 5.41) is 10.5. The van der Waals surface area contributed by atoms with Crippen molar-refractivity contribution in [3.05, 3.63) is 64.7 Å². The van der Waals surface area contributed by atoms with E-state index in [1.54, 1.807) is 36.0 Å². The smallest absolute Gasteiger partial charge is 0.269 e. The molecule has 0 spiro atoms. The fourth-order valence-electron chi connectivity index (χ4n) is 2.18. The zero-order chi connectivity index (χ0) is 20.9. The molecule has 1 aromatic heterocycles. The van der Waals surface area contributed by atoms with Gasteiger partial charge in [-0.2, -0.15) is 0 Å². The number of rotatable bonds is 8. The second kappa shape index (κ2) is 9.68. The molecule has 0 saturated carbocycles. The van der Waals surface area contributed by atoms with Gasteiger partial charge in [0.25, 0.3) is 15.9 Å². The molecule has 0 aliphatic rings. The quantitative estimate of drug-likeness (QED) is 0.296. The second-order valence-corrected chi connectivity index (χ2v) is 10.4. The summed E-state index contributed by atoms with van der Waals surface area (Å²) in [6, 6.07) is 14.3. The van der Waals surface area contributed by atoms with Crippen LogP contribution in [0.25, 0.3) is 0 Å². The van der Waals surface area contributed by atoms with Gasteiger partial charge in [0.2, 0.25) is 9.47 Å². The first-order chi connectivity index (χ1) is 13.8. The van der Waals surface area contributed by atoms with Gasteiger partial charge < -0.3 is 0 Å². The molecule has 7 nitrogen and oxygen atoms in total. The van der Waals surface area contributed by atoms with Crippen molar-refractivity contribution in [1.82, 2.24) is 14.9 Å². The lowest BCUT2D eigenvalue weighted by Gasteiger charge is -2.04. The number of hydrogen-bond acceptors (Lipinski definition) is 7. The van der Waals surface area contributed by atoms with Gasteiger partial charge in [0.05, 0.1) is 0 Å². The highest BCUT2D eigenvalue weighted by Gasteiger charge is 2.20. The van der Waals surface area contributed by atoms with E-state index in [0.29, 0.717) is 16.3 Å². The number of amides is 1. The van der Waals surface area contributed by atoms with Crippen LogP contribution in [0.4, 0.5) is 5.13 Å². The second-order valence-electron chi connectivity index (χ2n) is 5.89. The van der Waals surface area contributed by atoms with Crippen LogP contribution in [0, 0.1) is 6.92 Å². The van der Waals surface area contributed by atoms with Gasteiger partial charge >= 0.3 is 0 Å². The van der Waals surface area contributed by atoms with E-state index in [9.17, 15) is 13.2 Å². The first kappa shape index (κ1) is 21.7. The summed E-state index contributed by atoms with van der Waals surface area (Å²) in [7, 11) is -3.79. The third-order valence-corrected chi connectivity index (χ3v) is 7.58. The van der Waals surface area contributed by atoms with E-state index in [0.717, 1.165) is 16.2 Å². The van der Waals surface area contributed by atoms with Crippen molar-refractivity contribution in [1.29, 1.82) is 0 Å². The summed E-state index contributed by atoms with van der Waals surface area (Å²) < 4.78 is 27.0. The molecule has 0 radical (unpaired) electrons. The summed E-state index contributed by atoms with van der Waals surface area (Å²) >= 11 is 8.13. The van der Waals surface area contributed by atoms with E-state index >= 15 is 0 Å². The Bertz CT molecular complexity index is 1080. The molecule has 11 heteroatoms. The van der Waals surface area contributed by atoms with Crippen LogP contribution in [-0.2, 0) is 10.0 Å². The zero-order valence-corrected chi connectivity index (χ0v) is 18.5. The fraction of sp³-hybridized carbons (Fsp3) is 0.167. The van der Waals surface area contributed by atoms with Crippen LogP contribution >= 0.6 is 34.7 Å². The minimum Gasteiger partial charge on any atom is -0.296 e. The van der Waals surface area contributed by atoms with Crippen LogP contribution in [-0.4, -0.2) is 36.8 Å². The van der Waals surface area contributed by atoms with Gasteiger partial charge in [-0.15, -0.1) is 22.0 Å². The Morgan fingerprint density at radius 3 is 2.48 bits per heavy atom. The van der Waals surface area contributed by atoms with Crippen molar-refractivity contribution in [3.8, 4) is 0 Å². The van der Waals surface area contributed by atoms with Crippen molar-refractivity contribution >= 4 is 55.8 Å². The molecule has 0 aliphatic heterocycles. The SMILES string of the molecule is Cc1ccc(SCCNS(=O)(=O)c2nnc(NC(=O)c3ccc(Cl)cc3)s2)cc1. The highest BCUT2D eigenvalue weighted by molar-refractivity contribution is 7.99. The number of nitrogens with zero attached hydrogens (tertiary/aromatic N) is 2. The number of aryl methyl sites for hydroxylation is 1. The summed E-state index contributed by atoms with van der Waals surface area (Å²) in [6.45, 7) is 2.25. The number of hydrogen-bond donors (Lipinski definition) is 2. The molecular weight excluding hydrogens is 452 g/mol. The van der Waals surface area contributed by atoms with Crippen molar-refractivity contribution in [3.63, 3.8) is 0 Å². The standard InChI is InChI=1S/C18H17ClN4O3S3/c1-12-2-8-15(9-3-12)27-11-10-20-29(25,26)18-23-22-17(28-18)21-16(24)13-4-6-14(19)7-5-13/h2-9,20H,10-11H2,1H3,(H,21,22,24). The molecule has 2 aromatic carbocycles. The first-order valence-corrected chi connectivity index (χ1v) is 12.1. The highest BCUT2D eigenvalue weighted by Crippen LogP contribution is 2.21. The minimum absolute atomic E-state index is 0.0966. The Morgan fingerprint density at radius 1 is 1.10 bits per heavy atom. The molecule has 1 heterocycles. The molecule has 1 amide bonds. The lowest BCUT2D eigenvalue weighted by atomic mass is 10.2. The van der Waals surface area contributed by atoms with Crippen molar-refractivity contribution < 1.29 is 13.2 Å². The van der Waals surface area contributed by atoms with E-state index < -0.39 is 15.9 Å². The molecule has 3 rings (SSSR count). The molecule has 0 saturated heterocycles. The lowest BCUT2D eigenvalue weighted by molar-refractivity contribution is 0.102. The molecule has 0 atom stereocenters. The Morgan fingerprint density at radius 2 is 1.79 bits per heavy atom. The van der Waals surface area contributed by atoms with E-state index in [2.05, 4.69) is 20.2 Å². The number of halogens is 1. The maximum absolute atomic E-state index is 12.4. The number of nitrogens with one attached hydrogen (secondary N) is 2. The van der Waals surface area contributed by atoms with Crippen molar-refractivity contribution in [2.24, 2.45) is 0 Å². The lowest BCUT2D eigenvalue weighted by Crippen LogP contribution is -2.25. The van der Waals surface area contributed by atoms with Crippen LogP contribution in [0.5, 0.6) is 0 Å². The number of carbonyl (C=O) groups excluding carboxylic acids is 1. The van der Waals surface area contributed by atoms with Gasteiger partial charge in [0, 0.05) is 27.8 Å². The van der Waals surface area contributed by atoms with Crippen LogP contribution in [0.3, 0.4) is 0 Å². The van der Waals surface area contributed by atoms with Crippen LogP contribution in [0.15, 0.2) is 57.8 Å². The Hall–Kier alpha value is -1.98. The predicted molar refractivity (Wildman–Crippen MR) is 116 cm³/mol. The number of anilines is 1. The number of benzene rings is 2. The van der Waals surface area contributed by atoms with Crippen molar-refractivity contribution in [2.75, 3.05) is 17.6 Å².